The number of pyridine rings is 1. The second-order valence-corrected chi connectivity index (χ2v) is 2.28. The zero-order valence-electron chi connectivity index (χ0n) is 6.95. The molecule has 1 amide bonds. The lowest BCUT2D eigenvalue weighted by atomic mass is 10.3. The van der Waals surface area contributed by atoms with E-state index >= 15 is 0 Å². The number of amides is 1. The Bertz CT molecular complexity index is 376. The number of nitrogens with zero attached hydrogens (tertiary/aromatic N) is 1. The molecule has 13 heavy (non-hydrogen) atoms. The highest BCUT2D eigenvalue weighted by Gasteiger charge is 2.00. The molecule has 0 aromatic carbocycles. The molecular formula is C9H9N3O. The highest BCUT2D eigenvalue weighted by atomic mass is 16.1. The van der Waals surface area contributed by atoms with Crippen molar-refractivity contribution in [3.63, 3.8) is 0 Å². The summed E-state index contributed by atoms with van der Waals surface area (Å²) in [6.07, 6.45) is 0. The second-order valence-electron chi connectivity index (χ2n) is 2.28. The molecule has 0 unspecified atom stereocenters. The molecule has 0 spiro atoms. The first kappa shape index (κ1) is 9.23. The van der Waals surface area contributed by atoms with Crippen LogP contribution in [-0.2, 0) is 0 Å². The van der Waals surface area contributed by atoms with Crippen LogP contribution in [0.5, 0.6) is 0 Å². The van der Waals surface area contributed by atoms with Crippen LogP contribution in [0.4, 0.5) is 0 Å². The summed E-state index contributed by atoms with van der Waals surface area (Å²) in [5.74, 6) is 4.78. The van der Waals surface area contributed by atoms with Gasteiger partial charge in [-0.1, -0.05) is 12.0 Å². The molecule has 66 valence electrons. The number of carbonyl (C=O) groups excluding carboxylic acids is 1. The molecule has 4 nitrogen and oxygen atoms in total. The van der Waals surface area contributed by atoms with E-state index in [1.54, 1.807) is 12.1 Å². The lowest BCUT2D eigenvalue weighted by Crippen LogP contribution is -2.13. The summed E-state index contributed by atoms with van der Waals surface area (Å²) in [7, 11) is 0. The number of hydrogen-bond donors (Lipinski definition) is 2. The Morgan fingerprint density at radius 2 is 2.31 bits per heavy atom. The fraction of sp³-hybridized carbons (Fsp3) is 0.111. The van der Waals surface area contributed by atoms with Crippen molar-refractivity contribution in [2.45, 2.75) is 0 Å². The minimum absolute atomic E-state index is 0.212. The zero-order chi connectivity index (χ0) is 9.68. The van der Waals surface area contributed by atoms with Gasteiger partial charge in [-0.05, 0) is 18.1 Å². The van der Waals surface area contributed by atoms with Crippen molar-refractivity contribution in [1.29, 1.82) is 0 Å². The Morgan fingerprint density at radius 3 is 2.92 bits per heavy atom. The minimum atomic E-state index is -0.559. The lowest BCUT2D eigenvalue weighted by molar-refractivity contribution is 0.0995. The van der Waals surface area contributed by atoms with Gasteiger partial charge in [-0.2, -0.15) is 0 Å². The molecule has 1 heterocycles. The predicted octanol–water partition coefficient (Wildman–Crippen LogP) is -0.509. The lowest BCUT2D eigenvalue weighted by Gasteiger charge is -1.93. The van der Waals surface area contributed by atoms with Gasteiger partial charge in [0.05, 0.1) is 6.54 Å². The number of hydrogen-bond acceptors (Lipinski definition) is 3. The summed E-state index contributed by atoms with van der Waals surface area (Å²) in [5, 5.41) is 0. The molecule has 0 bridgehead atoms. The summed E-state index contributed by atoms with van der Waals surface area (Å²) in [4.78, 5) is 14.6. The van der Waals surface area contributed by atoms with E-state index in [1.165, 1.54) is 6.07 Å². The van der Waals surface area contributed by atoms with E-state index in [4.69, 9.17) is 11.5 Å². The van der Waals surface area contributed by atoms with Gasteiger partial charge in [0.15, 0.2) is 0 Å². The maximum atomic E-state index is 10.7. The van der Waals surface area contributed by atoms with Crippen LogP contribution in [-0.4, -0.2) is 17.4 Å². The van der Waals surface area contributed by atoms with Gasteiger partial charge in [0, 0.05) is 0 Å². The standard InChI is InChI=1S/C9H9N3O/c10-6-2-4-7-3-1-5-8(12-7)9(11)13/h1,3,5H,6,10H2,(H2,11,13). The third-order valence-electron chi connectivity index (χ3n) is 1.32. The average Bonchev–Trinajstić information content (AvgIpc) is 2.15. The van der Waals surface area contributed by atoms with Crippen molar-refractivity contribution in [3.8, 4) is 11.8 Å². The quantitative estimate of drug-likeness (QED) is 0.564. The Hall–Kier alpha value is -1.86. The number of aromatic nitrogens is 1. The van der Waals surface area contributed by atoms with Gasteiger partial charge in [0.2, 0.25) is 0 Å². The van der Waals surface area contributed by atoms with E-state index in [-0.39, 0.29) is 12.2 Å². The molecule has 1 aromatic rings. The average molecular weight is 175 g/mol. The molecule has 4 N–H and O–H groups in total. The van der Waals surface area contributed by atoms with Crippen molar-refractivity contribution in [2.24, 2.45) is 11.5 Å². The normalized spacial score (nSPS) is 8.69. The summed E-state index contributed by atoms with van der Waals surface area (Å²) < 4.78 is 0. The molecule has 0 radical (unpaired) electrons. The van der Waals surface area contributed by atoms with E-state index < -0.39 is 5.91 Å². The van der Waals surface area contributed by atoms with E-state index in [9.17, 15) is 4.79 Å². The first-order valence-electron chi connectivity index (χ1n) is 3.70. The molecule has 0 aliphatic rings. The van der Waals surface area contributed by atoms with E-state index in [2.05, 4.69) is 16.8 Å². The maximum Gasteiger partial charge on any atom is 0.267 e. The van der Waals surface area contributed by atoms with Crippen LogP contribution in [0.15, 0.2) is 18.2 Å². The molecule has 1 aromatic heterocycles. The van der Waals surface area contributed by atoms with Gasteiger partial charge < -0.3 is 11.5 Å². The molecule has 1 rings (SSSR count). The van der Waals surface area contributed by atoms with Crippen molar-refractivity contribution < 1.29 is 4.79 Å². The Balaban J connectivity index is 2.98. The number of primary amides is 1. The molecule has 4 heteroatoms. The zero-order valence-corrected chi connectivity index (χ0v) is 6.95. The predicted molar refractivity (Wildman–Crippen MR) is 48.7 cm³/mol. The van der Waals surface area contributed by atoms with Crippen molar-refractivity contribution in [3.05, 3.63) is 29.6 Å². The maximum absolute atomic E-state index is 10.7. The van der Waals surface area contributed by atoms with Crippen LogP contribution in [0.25, 0.3) is 0 Å². The molecule has 0 saturated carbocycles. The molecule has 0 aliphatic heterocycles. The highest BCUT2D eigenvalue weighted by molar-refractivity contribution is 5.90. The van der Waals surface area contributed by atoms with Gasteiger partial charge >= 0.3 is 0 Å². The number of carbonyl (C=O) groups is 1. The van der Waals surface area contributed by atoms with Crippen molar-refractivity contribution >= 4 is 5.91 Å². The first-order chi connectivity index (χ1) is 6.24. The third kappa shape index (κ3) is 2.58. The van der Waals surface area contributed by atoms with Crippen molar-refractivity contribution in [1.82, 2.24) is 4.98 Å². The van der Waals surface area contributed by atoms with E-state index in [0.29, 0.717) is 5.69 Å². The Morgan fingerprint density at radius 1 is 1.54 bits per heavy atom. The van der Waals surface area contributed by atoms with Crippen LogP contribution in [0.3, 0.4) is 0 Å². The van der Waals surface area contributed by atoms with Crippen molar-refractivity contribution in [2.75, 3.05) is 6.54 Å². The van der Waals surface area contributed by atoms with Gasteiger partial charge in [-0.15, -0.1) is 0 Å². The first-order valence-corrected chi connectivity index (χ1v) is 3.70. The van der Waals surface area contributed by atoms with E-state index in [0.717, 1.165) is 0 Å². The molecule has 0 saturated heterocycles. The summed E-state index contributed by atoms with van der Waals surface area (Å²) in [6.45, 7) is 0.266. The molecule has 0 atom stereocenters. The summed E-state index contributed by atoms with van der Waals surface area (Å²) >= 11 is 0. The Labute approximate surface area is 76.0 Å². The number of nitrogens with two attached hydrogens (primary N) is 2. The van der Waals surface area contributed by atoms with E-state index in [1.807, 2.05) is 0 Å². The smallest absolute Gasteiger partial charge is 0.267 e. The molecular weight excluding hydrogens is 166 g/mol. The SMILES string of the molecule is NCC#Cc1cccc(C(N)=O)n1. The number of rotatable bonds is 1. The Kier molecular flexibility index (Phi) is 3.01. The van der Waals surface area contributed by atoms with Crippen LogP contribution in [0, 0.1) is 11.8 Å². The second kappa shape index (κ2) is 4.24. The third-order valence-corrected chi connectivity index (χ3v) is 1.32. The fourth-order valence-electron chi connectivity index (χ4n) is 0.783. The minimum Gasteiger partial charge on any atom is -0.364 e. The summed E-state index contributed by atoms with van der Waals surface area (Å²) in [6, 6.07) is 4.90. The van der Waals surface area contributed by atoms with Crippen LogP contribution in [0.1, 0.15) is 16.2 Å². The summed E-state index contributed by atoms with van der Waals surface area (Å²) in [5.41, 5.74) is 10.9. The van der Waals surface area contributed by atoms with Crippen LogP contribution in [0.2, 0.25) is 0 Å². The molecule has 0 fully saturated rings. The van der Waals surface area contributed by atoms with Crippen LogP contribution < -0.4 is 11.5 Å². The van der Waals surface area contributed by atoms with Crippen LogP contribution >= 0.6 is 0 Å². The monoisotopic (exact) mass is 175 g/mol. The van der Waals surface area contributed by atoms with Gasteiger partial charge in [0.1, 0.15) is 11.4 Å². The van der Waals surface area contributed by atoms with Gasteiger partial charge in [-0.3, -0.25) is 4.79 Å². The fourth-order valence-corrected chi connectivity index (χ4v) is 0.783. The topological polar surface area (TPSA) is 82.0 Å². The van der Waals surface area contributed by atoms with Gasteiger partial charge in [0.25, 0.3) is 5.91 Å². The largest absolute Gasteiger partial charge is 0.364 e. The molecule has 0 aliphatic carbocycles. The van der Waals surface area contributed by atoms with Gasteiger partial charge in [-0.25, -0.2) is 4.98 Å². The highest BCUT2D eigenvalue weighted by Crippen LogP contribution is 1.96.